The first-order valence-corrected chi connectivity index (χ1v) is 4.31. The summed E-state index contributed by atoms with van der Waals surface area (Å²) in [6, 6.07) is 4.34. The molecule has 0 fully saturated rings. The summed E-state index contributed by atoms with van der Waals surface area (Å²) in [5, 5.41) is 2.44. The zero-order valence-electron chi connectivity index (χ0n) is 6.68. The Labute approximate surface area is 83.6 Å². The summed E-state index contributed by atoms with van der Waals surface area (Å²) in [6.07, 6.45) is 1.12. The van der Waals surface area contributed by atoms with Crippen LogP contribution in [0.5, 0.6) is 0 Å². The molecule has 0 atom stereocenters. The van der Waals surface area contributed by atoms with Crippen LogP contribution in [0.2, 0.25) is 0 Å². The third-order valence-corrected chi connectivity index (χ3v) is 2.02. The van der Waals surface area contributed by atoms with Gasteiger partial charge in [-0.2, -0.15) is 0 Å². The predicted molar refractivity (Wildman–Crippen MR) is 52.9 cm³/mol. The molecule has 0 aliphatic rings. The van der Waals surface area contributed by atoms with E-state index in [2.05, 4.69) is 27.8 Å². The van der Waals surface area contributed by atoms with Gasteiger partial charge in [-0.1, -0.05) is 6.58 Å². The molecule has 1 aromatic carbocycles. The van der Waals surface area contributed by atoms with Crippen molar-refractivity contribution in [1.29, 1.82) is 0 Å². The van der Waals surface area contributed by atoms with E-state index >= 15 is 0 Å². The zero-order chi connectivity index (χ0) is 9.84. The second kappa shape index (κ2) is 4.18. The van der Waals surface area contributed by atoms with Crippen LogP contribution in [-0.2, 0) is 4.79 Å². The fraction of sp³-hybridized carbons (Fsp3) is 0. The van der Waals surface area contributed by atoms with Crippen molar-refractivity contribution in [1.82, 2.24) is 0 Å². The molecular weight excluding hydrogens is 237 g/mol. The lowest BCUT2D eigenvalue weighted by Gasteiger charge is -2.02. The highest BCUT2D eigenvalue weighted by atomic mass is 79.9. The fourth-order valence-electron chi connectivity index (χ4n) is 0.767. The first-order valence-electron chi connectivity index (χ1n) is 3.52. The lowest BCUT2D eigenvalue weighted by Crippen LogP contribution is -2.07. The molecule has 2 nitrogen and oxygen atoms in total. The van der Waals surface area contributed by atoms with E-state index in [1.807, 2.05) is 0 Å². The molecular formula is C9H7BrFNO. The number of nitrogens with one attached hydrogen (secondary N) is 1. The third-order valence-electron chi connectivity index (χ3n) is 1.37. The zero-order valence-corrected chi connectivity index (χ0v) is 8.27. The summed E-state index contributed by atoms with van der Waals surface area (Å²) in [5.41, 5.74) is 0.408. The van der Waals surface area contributed by atoms with Gasteiger partial charge in [0.15, 0.2) is 0 Å². The van der Waals surface area contributed by atoms with E-state index < -0.39 is 5.82 Å². The summed E-state index contributed by atoms with van der Waals surface area (Å²) in [7, 11) is 0. The molecule has 4 heteroatoms. The highest BCUT2D eigenvalue weighted by Crippen LogP contribution is 2.19. The first kappa shape index (κ1) is 9.92. The Morgan fingerprint density at radius 2 is 2.31 bits per heavy atom. The molecule has 0 aromatic heterocycles. The van der Waals surface area contributed by atoms with E-state index in [0.717, 1.165) is 6.08 Å². The molecule has 0 saturated heterocycles. The summed E-state index contributed by atoms with van der Waals surface area (Å²) in [5.74, 6) is -0.774. The number of rotatable bonds is 2. The average Bonchev–Trinajstić information content (AvgIpc) is 2.11. The Kier molecular flexibility index (Phi) is 3.19. The molecule has 0 radical (unpaired) electrons. The number of hydrogen-bond acceptors (Lipinski definition) is 1. The number of benzene rings is 1. The number of hydrogen-bond donors (Lipinski definition) is 1. The SMILES string of the molecule is C=CC(=O)Nc1ccc(Br)c(F)c1. The topological polar surface area (TPSA) is 29.1 Å². The highest BCUT2D eigenvalue weighted by Gasteiger charge is 2.01. The van der Waals surface area contributed by atoms with E-state index in [4.69, 9.17) is 0 Å². The lowest BCUT2D eigenvalue weighted by molar-refractivity contribution is -0.111. The Morgan fingerprint density at radius 3 is 2.85 bits per heavy atom. The van der Waals surface area contributed by atoms with Gasteiger partial charge in [-0.3, -0.25) is 4.79 Å². The van der Waals surface area contributed by atoms with Crippen LogP contribution in [0, 0.1) is 5.82 Å². The molecule has 1 N–H and O–H groups in total. The van der Waals surface area contributed by atoms with Crippen molar-refractivity contribution in [3.8, 4) is 0 Å². The van der Waals surface area contributed by atoms with Gasteiger partial charge in [0, 0.05) is 5.69 Å². The van der Waals surface area contributed by atoms with E-state index in [-0.39, 0.29) is 5.91 Å². The van der Waals surface area contributed by atoms with Gasteiger partial charge in [0.25, 0.3) is 0 Å². The number of carbonyl (C=O) groups is 1. The Hall–Kier alpha value is -1.16. The molecule has 0 unspecified atom stereocenters. The van der Waals surface area contributed by atoms with Crippen molar-refractivity contribution >= 4 is 27.5 Å². The van der Waals surface area contributed by atoms with Crippen molar-refractivity contribution in [3.63, 3.8) is 0 Å². The van der Waals surface area contributed by atoms with E-state index in [1.165, 1.54) is 12.1 Å². The van der Waals surface area contributed by atoms with Crippen LogP contribution in [0.3, 0.4) is 0 Å². The van der Waals surface area contributed by atoms with Crippen LogP contribution in [0.1, 0.15) is 0 Å². The maximum absolute atomic E-state index is 12.9. The maximum atomic E-state index is 12.9. The quantitative estimate of drug-likeness (QED) is 0.796. The van der Waals surface area contributed by atoms with Gasteiger partial charge in [-0.15, -0.1) is 0 Å². The molecule has 0 aliphatic heterocycles. The molecule has 0 saturated carbocycles. The Morgan fingerprint density at radius 1 is 1.62 bits per heavy atom. The van der Waals surface area contributed by atoms with Gasteiger partial charge in [0.2, 0.25) is 5.91 Å². The summed E-state index contributed by atoms with van der Waals surface area (Å²) in [4.78, 5) is 10.8. The van der Waals surface area contributed by atoms with Gasteiger partial charge >= 0.3 is 0 Å². The molecule has 1 aromatic rings. The summed E-state index contributed by atoms with van der Waals surface area (Å²) >= 11 is 3.00. The van der Waals surface area contributed by atoms with Crippen LogP contribution in [0.4, 0.5) is 10.1 Å². The van der Waals surface area contributed by atoms with E-state index in [9.17, 15) is 9.18 Å². The van der Waals surface area contributed by atoms with Crippen LogP contribution >= 0.6 is 15.9 Å². The second-order valence-electron chi connectivity index (χ2n) is 2.32. The molecule has 0 spiro atoms. The molecule has 0 aliphatic carbocycles. The number of halogens is 2. The molecule has 68 valence electrons. The molecule has 0 heterocycles. The number of amides is 1. The summed E-state index contributed by atoms with van der Waals surface area (Å²) < 4.78 is 13.3. The summed E-state index contributed by atoms with van der Waals surface area (Å²) in [6.45, 7) is 3.28. The molecule has 1 rings (SSSR count). The van der Waals surface area contributed by atoms with Crippen molar-refractivity contribution < 1.29 is 9.18 Å². The lowest BCUT2D eigenvalue weighted by atomic mass is 10.3. The van der Waals surface area contributed by atoms with Crippen molar-refractivity contribution in [3.05, 3.63) is 41.1 Å². The van der Waals surface area contributed by atoms with Crippen molar-refractivity contribution in [2.45, 2.75) is 0 Å². The van der Waals surface area contributed by atoms with Crippen LogP contribution < -0.4 is 5.32 Å². The Balaban J connectivity index is 2.85. The minimum absolute atomic E-state index is 0.360. The second-order valence-corrected chi connectivity index (χ2v) is 3.18. The molecule has 13 heavy (non-hydrogen) atoms. The van der Waals surface area contributed by atoms with Gasteiger partial charge < -0.3 is 5.32 Å². The normalized spacial score (nSPS) is 9.38. The predicted octanol–water partition coefficient (Wildman–Crippen LogP) is 2.71. The highest BCUT2D eigenvalue weighted by molar-refractivity contribution is 9.10. The van der Waals surface area contributed by atoms with E-state index in [1.54, 1.807) is 6.07 Å². The van der Waals surface area contributed by atoms with Gasteiger partial charge in [0.1, 0.15) is 5.82 Å². The van der Waals surface area contributed by atoms with Crippen LogP contribution in [0.15, 0.2) is 35.3 Å². The smallest absolute Gasteiger partial charge is 0.247 e. The fourth-order valence-corrected chi connectivity index (χ4v) is 1.01. The number of anilines is 1. The van der Waals surface area contributed by atoms with Crippen molar-refractivity contribution in [2.75, 3.05) is 5.32 Å². The molecule has 0 bridgehead atoms. The van der Waals surface area contributed by atoms with Gasteiger partial charge in [-0.25, -0.2) is 4.39 Å². The Bertz CT molecular complexity index is 351. The van der Waals surface area contributed by atoms with Crippen LogP contribution in [-0.4, -0.2) is 5.91 Å². The first-order chi connectivity index (χ1) is 6.13. The van der Waals surface area contributed by atoms with Gasteiger partial charge in [0.05, 0.1) is 4.47 Å². The third kappa shape index (κ3) is 2.66. The number of carbonyl (C=O) groups excluding carboxylic acids is 1. The molecule has 1 amide bonds. The maximum Gasteiger partial charge on any atom is 0.247 e. The van der Waals surface area contributed by atoms with E-state index in [0.29, 0.717) is 10.2 Å². The largest absolute Gasteiger partial charge is 0.322 e. The van der Waals surface area contributed by atoms with Crippen molar-refractivity contribution in [2.24, 2.45) is 0 Å². The monoisotopic (exact) mass is 243 g/mol. The standard InChI is InChI=1S/C9H7BrFNO/c1-2-9(13)12-6-3-4-7(10)8(11)5-6/h2-5H,1H2,(H,12,13). The van der Waals surface area contributed by atoms with Crippen LogP contribution in [0.25, 0.3) is 0 Å². The minimum atomic E-state index is -0.415. The average molecular weight is 244 g/mol. The minimum Gasteiger partial charge on any atom is -0.322 e. The van der Waals surface area contributed by atoms with Gasteiger partial charge in [-0.05, 0) is 40.2 Å².